The Hall–Kier alpha value is -3.22. The maximum atomic E-state index is 13.4. The van der Waals surface area contributed by atoms with Crippen LogP contribution in [0.15, 0.2) is 46.4 Å². The topological polar surface area (TPSA) is 92.2 Å². The number of H-pyrrole nitrogens is 1. The quantitative estimate of drug-likeness (QED) is 0.592. The summed E-state index contributed by atoms with van der Waals surface area (Å²) >= 11 is 0. The van der Waals surface area contributed by atoms with Crippen molar-refractivity contribution in [2.75, 3.05) is 0 Å². The second-order valence-electron chi connectivity index (χ2n) is 4.94. The lowest BCUT2D eigenvalue weighted by molar-refractivity contribution is 0.111. The summed E-state index contributed by atoms with van der Waals surface area (Å²) in [5, 5.41) is 9.91. The predicted octanol–water partition coefficient (Wildman–Crippen LogP) is 2.86. The number of fused-ring (bicyclic) bond motifs is 1. The van der Waals surface area contributed by atoms with Crippen LogP contribution in [0.4, 0.5) is 10.1 Å². The summed E-state index contributed by atoms with van der Waals surface area (Å²) in [6.45, 7) is 0. The van der Waals surface area contributed by atoms with Crippen LogP contribution in [0.5, 0.6) is 0 Å². The maximum absolute atomic E-state index is 13.4. The molecule has 0 aliphatic heterocycles. The molecular weight excluding hydrogens is 301 g/mol. The first-order chi connectivity index (χ1) is 11.1. The standard InChI is InChI=1S/C16H10FN3O3/c17-12-5-4-9(6-10(12)8-21)7-14-15-11(16(22)19-18-14)2-1-3-13(15)20-23/h1-6,8H,7H2,(H,19,22). The second kappa shape index (κ2) is 5.88. The van der Waals surface area contributed by atoms with Crippen LogP contribution in [0, 0.1) is 10.7 Å². The van der Waals surface area contributed by atoms with E-state index in [-0.39, 0.29) is 17.7 Å². The van der Waals surface area contributed by atoms with Crippen LogP contribution in [0.1, 0.15) is 21.6 Å². The molecule has 0 saturated heterocycles. The van der Waals surface area contributed by atoms with E-state index in [0.29, 0.717) is 28.3 Å². The van der Waals surface area contributed by atoms with Crippen LogP contribution < -0.4 is 5.56 Å². The molecule has 0 unspecified atom stereocenters. The Morgan fingerprint density at radius 1 is 1.26 bits per heavy atom. The van der Waals surface area contributed by atoms with E-state index in [9.17, 15) is 18.9 Å². The molecule has 6 nitrogen and oxygen atoms in total. The van der Waals surface area contributed by atoms with Gasteiger partial charge in [-0.05, 0) is 35.0 Å². The first-order valence-corrected chi connectivity index (χ1v) is 6.71. The van der Waals surface area contributed by atoms with Crippen molar-refractivity contribution >= 4 is 22.7 Å². The van der Waals surface area contributed by atoms with Gasteiger partial charge in [-0.2, -0.15) is 5.10 Å². The van der Waals surface area contributed by atoms with E-state index in [0.717, 1.165) is 0 Å². The Labute approximate surface area is 128 Å². The molecule has 0 aliphatic carbocycles. The van der Waals surface area contributed by atoms with E-state index in [1.54, 1.807) is 12.1 Å². The SMILES string of the molecule is O=Cc1cc(Cc2n[nH]c(=O)c3cccc(N=O)c23)ccc1F. The van der Waals surface area contributed by atoms with Gasteiger partial charge in [0.15, 0.2) is 6.29 Å². The minimum atomic E-state index is -0.613. The third-order valence-corrected chi connectivity index (χ3v) is 3.53. The maximum Gasteiger partial charge on any atom is 0.272 e. The number of nitroso groups, excluding NO2 is 1. The van der Waals surface area contributed by atoms with Gasteiger partial charge < -0.3 is 0 Å². The van der Waals surface area contributed by atoms with Crippen molar-refractivity contribution in [1.29, 1.82) is 0 Å². The fourth-order valence-corrected chi connectivity index (χ4v) is 2.46. The van der Waals surface area contributed by atoms with Crippen molar-refractivity contribution < 1.29 is 9.18 Å². The lowest BCUT2D eigenvalue weighted by Crippen LogP contribution is -2.11. The van der Waals surface area contributed by atoms with Crippen molar-refractivity contribution in [2.45, 2.75) is 6.42 Å². The summed E-state index contributed by atoms with van der Waals surface area (Å²) < 4.78 is 13.4. The molecule has 23 heavy (non-hydrogen) atoms. The molecule has 0 aliphatic rings. The minimum Gasteiger partial charge on any atom is -0.298 e. The van der Waals surface area contributed by atoms with Gasteiger partial charge in [0.2, 0.25) is 0 Å². The number of nitrogens with zero attached hydrogens (tertiary/aromatic N) is 2. The van der Waals surface area contributed by atoms with Gasteiger partial charge in [0.1, 0.15) is 11.5 Å². The van der Waals surface area contributed by atoms with E-state index in [1.807, 2.05) is 0 Å². The van der Waals surface area contributed by atoms with Crippen LogP contribution in [0.2, 0.25) is 0 Å². The average Bonchev–Trinajstić information content (AvgIpc) is 2.58. The number of halogens is 1. The largest absolute Gasteiger partial charge is 0.298 e. The van der Waals surface area contributed by atoms with Gasteiger partial charge in [0.05, 0.1) is 16.6 Å². The van der Waals surface area contributed by atoms with Crippen LogP contribution in [0.25, 0.3) is 10.8 Å². The number of hydrogen-bond acceptors (Lipinski definition) is 5. The summed E-state index contributed by atoms with van der Waals surface area (Å²) in [4.78, 5) is 33.7. The van der Waals surface area contributed by atoms with E-state index < -0.39 is 11.4 Å². The molecule has 3 rings (SSSR count). The highest BCUT2D eigenvalue weighted by atomic mass is 19.1. The van der Waals surface area contributed by atoms with Gasteiger partial charge in [0, 0.05) is 11.8 Å². The lowest BCUT2D eigenvalue weighted by atomic mass is 10.0. The summed E-state index contributed by atoms with van der Waals surface area (Å²) in [6.07, 6.45) is 0.635. The normalized spacial score (nSPS) is 10.7. The van der Waals surface area contributed by atoms with Gasteiger partial charge in [-0.1, -0.05) is 12.1 Å². The number of aldehydes is 1. The number of nitrogens with one attached hydrogen (secondary N) is 1. The van der Waals surface area contributed by atoms with E-state index in [2.05, 4.69) is 15.4 Å². The number of carbonyl (C=O) groups excluding carboxylic acids is 1. The van der Waals surface area contributed by atoms with Gasteiger partial charge in [-0.25, -0.2) is 9.49 Å². The minimum absolute atomic E-state index is 0.0648. The molecule has 0 saturated carbocycles. The number of aromatic amines is 1. The first kappa shape index (κ1) is 14.7. The molecule has 3 aromatic rings. The Morgan fingerprint density at radius 2 is 2.09 bits per heavy atom. The zero-order valence-corrected chi connectivity index (χ0v) is 11.7. The summed E-state index contributed by atoms with van der Waals surface area (Å²) in [5.74, 6) is -0.613. The summed E-state index contributed by atoms with van der Waals surface area (Å²) in [5.41, 5.74) is 0.647. The number of benzene rings is 2. The Bertz CT molecular complexity index is 982. The molecule has 1 N–H and O–H groups in total. The zero-order chi connectivity index (χ0) is 16.4. The number of carbonyl (C=O) groups is 1. The molecule has 2 aromatic carbocycles. The van der Waals surface area contributed by atoms with E-state index in [1.165, 1.54) is 24.3 Å². The molecule has 0 radical (unpaired) electrons. The molecule has 0 fully saturated rings. The highest BCUT2D eigenvalue weighted by Crippen LogP contribution is 2.27. The molecule has 1 aromatic heterocycles. The lowest BCUT2D eigenvalue weighted by Gasteiger charge is -2.07. The third kappa shape index (κ3) is 2.64. The number of hydrogen-bond donors (Lipinski definition) is 1. The fourth-order valence-electron chi connectivity index (χ4n) is 2.46. The van der Waals surface area contributed by atoms with Crippen molar-refractivity contribution in [2.24, 2.45) is 5.18 Å². The Morgan fingerprint density at radius 3 is 2.83 bits per heavy atom. The molecule has 114 valence electrons. The highest BCUT2D eigenvalue weighted by molar-refractivity contribution is 5.93. The first-order valence-electron chi connectivity index (χ1n) is 6.71. The van der Waals surface area contributed by atoms with Crippen molar-refractivity contribution in [1.82, 2.24) is 10.2 Å². The molecular formula is C16H10FN3O3. The Balaban J connectivity index is 2.17. The molecule has 0 bridgehead atoms. The third-order valence-electron chi connectivity index (χ3n) is 3.53. The molecule has 0 atom stereocenters. The molecule has 0 amide bonds. The Kier molecular flexibility index (Phi) is 3.76. The summed E-state index contributed by atoms with van der Waals surface area (Å²) in [6, 6.07) is 8.71. The van der Waals surface area contributed by atoms with Gasteiger partial charge >= 0.3 is 0 Å². The van der Waals surface area contributed by atoms with Crippen LogP contribution in [0.3, 0.4) is 0 Å². The van der Waals surface area contributed by atoms with Crippen molar-refractivity contribution in [3.8, 4) is 0 Å². The van der Waals surface area contributed by atoms with E-state index >= 15 is 0 Å². The number of aromatic nitrogens is 2. The molecule has 7 heteroatoms. The van der Waals surface area contributed by atoms with Gasteiger partial charge in [-0.15, -0.1) is 4.91 Å². The molecule has 0 spiro atoms. The smallest absolute Gasteiger partial charge is 0.272 e. The molecule has 1 heterocycles. The van der Waals surface area contributed by atoms with Crippen LogP contribution in [-0.2, 0) is 6.42 Å². The van der Waals surface area contributed by atoms with Crippen LogP contribution in [-0.4, -0.2) is 16.5 Å². The summed E-state index contributed by atoms with van der Waals surface area (Å²) in [7, 11) is 0. The van der Waals surface area contributed by atoms with E-state index in [4.69, 9.17) is 0 Å². The number of rotatable bonds is 4. The van der Waals surface area contributed by atoms with Crippen molar-refractivity contribution in [3.05, 3.63) is 74.3 Å². The van der Waals surface area contributed by atoms with Gasteiger partial charge in [-0.3, -0.25) is 9.59 Å². The highest BCUT2D eigenvalue weighted by Gasteiger charge is 2.13. The average molecular weight is 311 g/mol. The fraction of sp³-hybridized carbons (Fsp3) is 0.0625. The van der Waals surface area contributed by atoms with Crippen LogP contribution >= 0.6 is 0 Å². The zero-order valence-electron chi connectivity index (χ0n) is 11.7. The predicted molar refractivity (Wildman–Crippen MR) is 82.4 cm³/mol. The van der Waals surface area contributed by atoms with Gasteiger partial charge in [0.25, 0.3) is 5.56 Å². The second-order valence-corrected chi connectivity index (χ2v) is 4.94. The van der Waals surface area contributed by atoms with Crippen molar-refractivity contribution in [3.63, 3.8) is 0 Å². The monoisotopic (exact) mass is 311 g/mol.